The zero-order valence-electron chi connectivity index (χ0n) is 8.23. The van der Waals surface area contributed by atoms with E-state index < -0.39 is 0 Å². The molecule has 2 rings (SSSR count). The summed E-state index contributed by atoms with van der Waals surface area (Å²) >= 11 is 9.12. The Morgan fingerprint density at radius 2 is 2.00 bits per heavy atom. The number of rotatable bonds is 0. The average molecular weight is 277 g/mol. The summed E-state index contributed by atoms with van der Waals surface area (Å²) in [5, 5.41) is 7.38. The molecule has 76 valence electrons. The smallest absolute Gasteiger partial charge is 0.131 e. The first-order valence-electron chi connectivity index (χ1n) is 4.35. The van der Waals surface area contributed by atoms with Crippen LogP contribution >= 0.6 is 27.5 Å². The monoisotopic (exact) mass is 275 g/mol. The molecule has 0 spiro atoms. The van der Waals surface area contributed by atoms with E-state index in [1.807, 2.05) is 20.8 Å². The molecule has 0 fully saturated rings. The summed E-state index contributed by atoms with van der Waals surface area (Å²) in [4.78, 5) is 4.14. The van der Waals surface area contributed by atoms with Crippen molar-refractivity contribution in [1.82, 2.24) is 15.2 Å². The van der Waals surface area contributed by atoms with E-state index in [1.165, 1.54) is 0 Å². The molecule has 3 nitrogen and oxygen atoms in total. The van der Waals surface area contributed by atoms with E-state index in [9.17, 15) is 0 Å². The highest BCUT2D eigenvalue weighted by Crippen LogP contribution is 2.24. The van der Waals surface area contributed by atoms with Gasteiger partial charge in [-0.15, -0.1) is 0 Å². The number of H-pyrrole nitrogens is 1. The summed E-state index contributed by atoms with van der Waals surface area (Å²) in [6.45, 7) is 5.91. The Bertz CT molecular complexity index is 439. The molecule has 2 heterocycles. The van der Waals surface area contributed by atoms with Gasteiger partial charge in [0.1, 0.15) is 16.2 Å². The van der Waals surface area contributed by atoms with Gasteiger partial charge in [0.25, 0.3) is 0 Å². The van der Waals surface area contributed by atoms with Gasteiger partial charge in [0.2, 0.25) is 0 Å². The van der Waals surface area contributed by atoms with Crippen molar-refractivity contribution in [3.05, 3.63) is 21.4 Å². The molecule has 0 aliphatic rings. The number of aromatic nitrogens is 3. The van der Waals surface area contributed by atoms with Crippen molar-refractivity contribution in [1.29, 1.82) is 0 Å². The summed E-state index contributed by atoms with van der Waals surface area (Å²) in [7, 11) is 0. The number of nitrogens with zero attached hydrogens (tertiary/aromatic N) is 2. The number of hydrogen-bond acceptors (Lipinski definition) is 2. The lowest BCUT2D eigenvalue weighted by atomic mass is 10.3. The molecule has 1 N–H and O–H groups in total. The second-order valence-corrected chi connectivity index (χ2v) is 3.71. The fourth-order valence-electron chi connectivity index (χ4n) is 1.04. The van der Waals surface area contributed by atoms with E-state index in [1.54, 1.807) is 6.07 Å². The quantitative estimate of drug-likeness (QED) is 0.745. The fraction of sp³-hybridized carbons (Fsp3) is 0.333. The van der Waals surface area contributed by atoms with E-state index in [0.717, 1.165) is 21.2 Å². The first-order valence-corrected chi connectivity index (χ1v) is 5.52. The largest absolute Gasteiger partial charge is 0.280 e. The number of fused-ring (bicyclic) bond motifs is 1. The van der Waals surface area contributed by atoms with Gasteiger partial charge in [-0.25, -0.2) is 4.98 Å². The Hall–Kier alpha value is -0.610. The minimum atomic E-state index is 0.471. The third-order valence-electron chi connectivity index (χ3n) is 1.61. The maximum absolute atomic E-state index is 5.77. The first-order chi connectivity index (χ1) is 6.68. The van der Waals surface area contributed by atoms with E-state index in [0.29, 0.717) is 5.15 Å². The van der Waals surface area contributed by atoms with Crippen LogP contribution in [0.4, 0.5) is 0 Å². The highest BCUT2D eigenvalue weighted by molar-refractivity contribution is 9.10. The van der Waals surface area contributed by atoms with Crippen LogP contribution in [0.3, 0.4) is 0 Å². The van der Waals surface area contributed by atoms with Gasteiger partial charge in [-0.05, 0) is 28.9 Å². The average Bonchev–Trinajstić information content (AvgIpc) is 2.52. The molecule has 0 saturated heterocycles. The molecule has 14 heavy (non-hydrogen) atoms. The third-order valence-corrected chi connectivity index (χ3v) is 2.40. The molecule has 0 atom stereocenters. The van der Waals surface area contributed by atoms with E-state index >= 15 is 0 Å². The molecule has 0 aliphatic carbocycles. The zero-order chi connectivity index (χ0) is 10.7. The number of aromatic amines is 1. The summed E-state index contributed by atoms with van der Waals surface area (Å²) in [6, 6.07) is 1.73. The van der Waals surface area contributed by atoms with Crippen LogP contribution in [0.15, 0.2) is 10.5 Å². The number of aryl methyl sites for hydroxylation is 1. The maximum Gasteiger partial charge on any atom is 0.131 e. The van der Waals surface area contributed by atoms with Crippen molar-refractivity contribution >= 4 is 38.6 Å². The summed E-state index contributed by atoms with van der Waals surface area (Å²) in [5.74, 6) is 0. The van der Waals surface area contributed by atoms with Crippen molar-refractivity contribution in [2.45, 2.75) is 20.8 Å². The van der Waals surface area contributed by atoms with Crippen LogP contribution in [-0.4, -0.2) is 15.2 Å². The molecule has 0 bridgehead atoms. The van der Waals surface area contributed by atoms with Crippen molar-refractivity contribution in [3.63, 3.8) is 0 Å². The lowest BCUT2D eigenvalue weighted by Gasteiger charge is -1.93. The standard InChI is InChI=1S/C7H5BrClN3.C2H6/c1-3-6-7(12-11-3)4(8)2-5(9)10-6;1-2/h2H,1H3,(H,11,12);1-2H3. The van der Waals surface area contributed by atoms with Gasteiger partial charge >= 0.3 is 0 Å². The highest BCUT2D eigenvalue weighted by Gasteiger charge is 2.07. The lowest BCUT2D eigenvalue weighted by Crippen LogP contribution is -1.79. The van der Waals surface area contributed by atoms with Gasteiger partial charge in [-0.2, -0.15) is 5.10 Å². The van der Waals surface area contributed by atoms with E-state index in [2.05, 4.69) is 31.1 Å². The molecule has 0 amide bonds. The van der Waals surface area contributed by atoms with Gasteiger partial charge in [0.05, 0.1) is 10.2 Å². The molecule has 2 aromatic rings. The van der Waals surface area contributed by atoms with E-state index in [-0.39, 0.29) is 0 Å². The van der Waals surface area contributed by atoms with Crippen LogP contribution in [0.2, 0.25) is 5.15 Å². The number of hydrogen-bond donors (Lipinski definition) is 1. The molecule has 0 unspecified atom stereocenters. The fourth-order valence-corrected chi connectivity index (χ4v) is 1.86. The zero-order valence-corrected chi connectivity index (χ0v) is 10.6. The van der Waals surface area contributed by atoms with Gasteiger partial charge in [0.15, 0.2) is 0 Å². The Morgan fingerprint density at radius 1 is 1.36 bits per heavy atom. The summed E-state index contributed by atoms with van der Waals surface area (Å²) in [5.41, 5.74) is 2.56. The summed E-state index contributed by atoms with van der Waals surface area (Å²) < 4.78 is 0.863. The molecule has 2 aromatic heterocycles. The van der Waals surface area contributed by atoms with Crippen molar-refractivity contribution < 1.29 is 0 Å². The molecular weight excluding hydrogens is 265 g/mol. The van der Waals surface area contributed by atoms with Crippen LogP contribution in [0.5, 0.6) is 0 Å². The third kappa shape index (κ3) is 2.07. The SMILES string of the molecule is CC.Cc1[nH]nc2c(Br)cc(Cl)nc12. The molecule has 0 aliphatic heterocycles. The Morgan fingerprint density at radius 3 is 2.64 bits per heavy atom. The predicted octanol–water partition coefficient (Wildman–Crippen LogP) is 3.71. The predicted molar refractivity (Wildman–Crippen MR) is 62.7 cm³/mol. The Balaban J connectivity index is 0.000000461. The normalized spacial score (nSPS) is 9.79. The molecular formula is C9H11BrClN3. The van der Waals surface area contributed by atoms with Crippen LogP contribution in [0.1, 0.15) is 19.5 Å². The highest BCUT2D eigenvalue weighted by atomic mass is 79.9. The Kier molecular flexibility index (Phi) is 3.89. The number of nitrogens with one attached hydrogen (secondary N) is 1. The van der Waals surface area contributed by atoms with Gasteiger partial charge in [-0.3, -0.25) is 5.10 Å². The lowest BCUT2D eigenvalue weighted by molar-refractivity contribution is 1.07. The maximum atomic E-state index is 5.77. The topological polar surface area (TPSA) is 41.6 Å². The second kappa shape index (κ2) is 4.75. The second-order valence-electron chi connectivity index (χ2n) is 2.47. The van der Waals surface area contributed by atoms with Gasteiger partial charge < -0.3 is 0 Å². The molecule has 0 aromatic carbocycles. The molecule has 0 radical (unpaired) electrons. The van der Waals surface area contributed by atoms with Crippen LogP contribution in [0, 0.1) is 6.92 Å². The molecule has 5 heteroatoms. The van der Waals surface area contributed by atoms with Crippen molar-refractivity contribution in [2.75, 3.05) is 0 Å². The van der Waals surface area contributed by atoms with Crippen molar-refractivity contribution in [2.24, 2.45) is 0 Å². The number of pyridine rings is 1. The summed E-state index contributed by atoms with van der Waals surface area (Å²) in [6.07, 6.45) is 0. The van der Waals surface area contributed by atoms with Crippen LogP contribution in [0.25, 0.3) is 11.0 Å². The number of halogens is 2. The van der Waals surface area contributed by atoms with Crippen LogP contribution in [-0.2, 0) is 0 Å². The van der Waals surface area contributed by atoms with Gasteiger partial charge in [0, 0.05) is 0 Å². The van der Waals surface area contributed by atoms with Gasteiger partial charge in [-0.1, -0.05) is 25.4 Å². The minimum absolute atomic E-state index is 0.471. The van der Waals surface area contributed by atoms with Crippen molar-refractivity contribution in [3.8, 4) is 0 Å². The Labute approximate surface area is 96.0 Å². The molecule has 0 saturated carbocycles. The minimum Gasteiger partial charge on any atom is -0.280 e. The van der Waals surface area contributed by atoms with Crippen LogP contribution < -0.4 is 0 Å². The first kappa shape index (κ1) is 11.5. The van der Waals surface area contributed by atoms with E-state index in [4.69, 9.17) is 11.6 Å².